The van der Waals surface area contributed by atoms with Crippen molar-refractivity contribution in [1.29, 1.82) is 0 Å². The maximum Gasteiger partial charge on any atom is 0.156 e. The lowest BCUT2D eigenvalue weighted by Crippen LogP contribution is -2.17. The van der Waals surface area contributed by atoms with Gasteiger partial charge in [-0.1, -0.05) is 19.3 Å². The second kappa shape index (κ2) is 5.80. The molecule has 2 rings (SSSR count). The molecule has 1 aliphatic carbocycles. The first-order valence-electron chi connectivity index (χ1n) is 6.05. The topological polar surface area (TPSA) is 58.0 Å². The summed E-state index contributed by atoms with van der Waals surface area (Å²) in [6.45, 7) is 0.890. The average molecular weight is 221 g/mol. The van der Waals surface area contributed by atoms with Gasteiger partial charge in [0.15, 0.2) is 5.82 Å². The fourth-order valence-corrected chi connectivity index (χ4v) is 2.21. The van der Waals surface area contributed by atoms with E-state index >= 15 is 0 Å². The van der Waals surface area contributed by atoms with Crippen molar-refractivity contribution in [1.82, 2.24) is 9.97 Å². The molecular weight excluding hydrogens is 202 g/mol. The highest BCUT2D eigenvalue weighted by Crippen LogP contribution is 2.23. The van der Waals surface area contributed by atoms with Crippen LogP contribution in [0.15, 0.2) is 12.3 Å². The van der Waals surface area contributed by atoms with E-state index in [4.69, 9.17) is 5.11 Å². The highest BCUT2D eigenvalue weighted by molar-refractivity contribution is 5.32. The summed E-state index contributed by atoms with van der Waals surface area (Å²) < 4.78 is 0. The Labute approximate surface area is 96.1 Å². The zero-order chi connectivity index (χ0) is 11.2. The molecule has 1 heterocycles. The van der Waals surface area contributed by atoms with Gasteiger partial charge in [-0.3, -0.25) is 0 Å². The normalized spacial score (nSPS) is 17.3. The molecule has 1 saturated carbocycles. The number of nitrogens with one attached hydrogen (secondary N) is 1. The van der Waals surface area contributed by atoms with Crippen LogP contribution in [0.5, 0.6) is 0 Å². The van der Waals surface area contributed by atoms with E-state index in [1.54, 1.807) is 6.20 Å². The summed E-state index contributed by atoms with van der Waals surface area (Å²) in [6.07, 6.45) is 8.44. The molecule has 0 bridgehead atoms. The summed E-state index contributed by atoms with van der Waals surface area (Å²) in [5, 5.41) is 12.3. The molecule has 1 aromatic heterocycles. The molecule has 0 spiro atoms. The van der Waals surface area contributed by atoms with Crippen LogP contribution in [0, 0.1) is 5.92 Å². The van der Waals surface area contributed by atoms with Crippen LogP contribution in [0.3, 0.4) is 0 Å². The van der Waals surface area contributed by atoms with E-state index in [1.807, 2.05) is 6.07 Å². The van der Waals surface area contributed by atoms with Crippen molar-refractivity contribution in [2.45, 2.75) is 38.7 Å². The van der Waals surface area contributed by atoms with E-state index < -0.39 is 0 Å². The van der Waals surface area contributed by atoms with Crippen molar-refractivity contribution in [2.24, 2.45) is 5.92 Å². The van der Waals surface area contributed by atoms with Gasteiger partial charge in [0.25, 0.3) is 0 Å². The lowest BCUT2D eigenvalue weighted by molar-refractivity contribution is 0.271. The summed E-state index contributed by atoms with van der Waals surface area (Å²) in [4.78, 5) is 8.15. The predicted molar refractivity (Wildman–Crippen MR) is 63.0 cm³/mol. The van der Waals surface area contributed by atoms with Gasteiger partial charge in [-0.05, 0) is 24.8 Å². The van der Waals surface area contributed by atoms with Crippen LogP contribution in [0.25, 0.3) is 0 Å². The van der Waals surface area contributed by atoms with Crippen LogP contribution in [-0.4, -0.2) is 21.6 Å². The van der Waals surface area contributed by atoms with E-state index in [-0.39, 0.29) is 6.61 Å². The second-order valence-corrected chi connectivity index (χ2v) is 4.40. The number of hydrogen-bond acceptors (Lipinski definition) is 4. The van der Waals surface area contributed by atoms with Gasteiger partial charge in [-0.25, -0.2) is 9.97 Å². The molecule has 4 heteroatoms. The molecule has 4 nitrogen and oxygen atoms in total. The maximum atomic E-state index is 8.93. The summed E-state index contributed by atoms with van der Waals surface area (Å²) in [7, 11) is 0. The van der Waals surface area contributed by atoms with Gasteiger partial charge in [0.1, 0.15) is 12.4 Å². The Morgan fingerprint density at radius 1 is 1.31 bits per heavy atom. The third-order valence-electron chi connectivity index (χ3n) is 3.14. The smallest absolute Gasteiger partial charge is 0.156 e. The number of hydrogen-bond donors (Lipinski definition) is 2. The second-order valence-electron chi connectivity index (χ2n) is 4.40. The Morgan fingerprint density at radius 2 is 2.12 bits per heavy atom. The number of rotatable bonds is 4. The molecule has 1 aromatic rings. The fourth-order valence-electron chi connectivity index (χ4n) is 2.21. The minimum atomic E-state index is -0.0983. The first-order valence-corrected chi connectivity index (χ1v) is 6.05. The van der Waals surface area contributed by atoms with Crippen LogP contribution >= 0.6 is 0 Å². The zero-order valence-electron chi connectivity index (χ0n) is 9.52. The van der Waals surface area contributed by atoms with Crippen LogP contribution < -0.4 is 5.32 Å². The highest BCUT2D eigenvalue weighted by atomic mass is 16.3. The van der Waals surface area contributed by atoms with Gasteiger partial charge in [0.2, 0.25) is 0 Å². The molecule has 1 aliphatic rings. The van der Waals surface area contributed by atoms with Crippen LogP contribution in [0.2, 0.25) is 0 Å². The van der Waals surface area contributed by atoms with E-state index in [1.165, 1.54) is 32.1 Å². The Morgan fingerprint density at radius 3 is 2.88 bits per heavy atom. The largest absolute Gasteiger partial charge is 0.388 e. The summed E-state index contributed by atoms with van der Waals surface area (Å²) in [5.74, 6) is 2.08. The lowest BCUT2D eigenvalue weighted by Gasteiger charge is -2.21. The van der Waals surface area contributed by atoms with Crippen LogP contribution in [0.1, 0.15) is 37.9 Å². The molecule has 0 saturated heterocycles. The summed E-state index contributed by atoms with van der Waals surface area (Å²) in [5.41, 5.74) is 0. The molecule has 16 heavy (non-hydrogen) atoms. The molecular formula is C12H19N3O. The number of aromatic nitrogens is 2. The lowest BCUT2D eigenvalue weighted by atomic mass is 9.89. The number of nitrogens with zero attached hydrogens (tertiary/aromatic N) is 2. The van der Waals surface area contributed by atoms with Crippen molar-refractivity contribution in [2.75, 3.05) is 11.9 Å². The first-order chi connectivity index (χ1) is 7.88. The predicted octanol–water partition coefficient (Wildman–Crippen LogP) is 1.96. The van der Waals surface area contributed by atoms with Crippen molar-refractivity contribution < 1.29 is 5.11 Å². The van der Waals surface area contributed by atoms with Gasteiger partial charge in [-0.2, -0.15) is 0 Å². The van der Waals surface area contributed by atoms with Crippen molar-refractivity contribution >= 4 is 5.82 Å². The molecule has 2 N–H and O–H groups in total. The summed E-state index contributed by atoms with van der Waals surface area (Å²) in [6, 6.07) is 1.85. The first kappa shape index (κ1) is 11.3. The van der Waals surface area contributed by atoms with Gasteiger partial charge in [0.05, 0.1) is 0 Å². The minimum Gasteiger partial charge on any atom is -0.388 e. The summed E-state index contributed by atoms with van der Waals surface area (Å²) >= 11 is 0. The molecule has 1 fully saturated rings. The third kappa shape index (κ3) is 3.17. The third-order valence-corrected chi connectivity index (χ3v) is 3.14. The monoisotopic (exact) mass is 221 g/mol. The van der Waals surface area contributed by atoms with Gasteiger partial charge >= 0.3 is 0 Å². The Hall–Kier alpha value is -1.16. The number of aliphatic hydroxyl groups is 1. The van der Waals surface area contributed by atoms with Crippen molar-refractivity contribution in [3.63, 3.8) is 0 Å². The maximum absolute atomic E-state index is 8.93. The number of anilines is 1. The molecule has 0 unspecified atom stereocenters. The molecule has 0 atom stereocenters. The fraction of sp³-hybridized carbons (Fsp3) is 0.667. The Kier molecular flexibility index (Phi) is 4.10. The highest BCUT2D eigenvalue weighted by Gasteiger charge is 2.12. The van der Waals surface area contributed by atoms with E-state index in [2.05, 4.69) is 15.3 Å². The quantitative estimate of drug-likeness (QED) is 0.816. The zero-order valence-corrected chi connectivity index (χ0v) is 9.52. The van der Waals surface area contributed by atoms with E-state index in [9.17, 15) is 0 Å². The van der Waals surface area contributed by atoms with Gasteiger partial charge < -0.3 is 10.4 Å². The van der Waals surface area contributed by atoms with E-state index in [0.717, 1.165) is 18.3 Å². The SMILES string of the molecule is OCc1nccc(NCC2CCCCC2)n1. The minimum absolute atomic E-state index is 0.0983. The molecule has 0 aromatic carbocycles. The van der Waals surface area contributed by atoms with Crippen molar-refractivity contribution in [3.8, 4) is 0 Å². The molecule has 0 amide bonds. The molecule has 88 valence electrons. The average Bonchev–Trinajstić information content (AvgIpc) is 2.38. The molecule has 0 aliphatic heterocycles. The van der Waals surface area contributed by atoms with E-state index in [0.29, 0.717) is 5.82 Å². The standard InChI is InChI=1S/C12H19N3O/c16-9-12-13-7-6-11(15-12)14-8-10-4-2-1-3-5-10/h6-7,10,16H,1-5,8-9H2,(H,13,14,15). The van der Waals surface area contributed by atoms with Gasteiger partial charge in [0, 0.05) is 12.7 Å². The van der Waals surface area contributed by atoms with Crippen LogP contribution in [0.4, 0.5) is 5.82 Å². The molecule has 0 radical (unpaired) electrons. The van der Waals surface area contributed by atoms with Crippen LogP contribution in [-0.2, 0) is 6.61 Å². The number of aliphatic hydroxyl groups excluding tert-OH is 1. The Bertz CT molecular complexity index is 324. The van der Waals surface area contributed by atoms with Gasteiger partial charge in [-0.15, -0.1) is 0 Å². The van der Waals surface area contributed by atoms with Crippen molar-refractivity contribution in [3.05, 3.63) is 18.1 Å². The Balaban J connectivity index is 1.83.